The van der Waals surface area contributed by atoms with Gasteiger partial charge in [-0.25, -0.2) is 0 Å². The fourth-order valence-electron chi connectivity index (χ4n) is 3.54. The van der Waals surface area contributed by atoms with Crippen LogP contribution in [0.5, 0.6) is 5.75 Å². The molecule has 3 rings (SSSR count). The number of nitrogens with one attached hydrogen (secondary N) is 1. The minimum atomic E-state index is -0.727. The molecule has 3 aromatic rings. The van der Waals surface area contributed by atoms with Gasteiger partial charge in [0.2, 0.25) is 5.91 Å². The van der Waals surface area contributed by atoms with Gasteiger partial charge in [-0.1, -0.05) is 84.7 Å². The third kappa shape index (κ3) is 7.51. The molecule has 2 amide bonds. The van der Waals surface area contributed by atoms with Crippen LogP contribution in [0.4, 0.5) is 0 Å². The Morgan fingerprint density at radius 2 is 1.65 bits per heavy atom. The SMILES string of the molecule is CCCNC(=O)[C@H](Cc1ccccc1)N(Cc1cccc(Cl)c1)C(=O)COc1ccccc1Cl. The van der Waals surface area contributed by atoms with Crippen LogP contribution in [0, 0.1) is 0 Å². The number of hydrogen-bond donors (Lipinski definition) is 1. The summed E-state index contributed by atoms with van der Waals surface area (Å²) >= 11 is 12.4. The number of halogens is 2. The van der Waals surface area contributed by atoms with E-state index < -0.39 is 6.04 Å². The van der Waals surface area contributed by atoms with E-state index in [1.54, 1.807) is 41.3 Å². The monoisotopic (exact) mass is 498 g/mol. The van der Waals surface area contributed by atoms with Gasteiger partial charge in [0.15, 0.2) is 6.61 Å². The van der Waals surface area contributed by atoms with Gasteiger partial charge in [-0.15, -0.1) is 0 Å². The van der Waals surface area contributed by atoms with Gasteiger partial charge in [0.25, 0.3) is 5.91 Å². The maximum Gasteiger partial charge on any atom is 0.261 e. The highest BCUT2D eigenvalue weighted by Crippen LogP contribution is 2.24. The van der Waals surface area contributed by atoms with Crippen molar-refractivity contribution in [3.8, 4) is 5.75 Å². The summed E-state index contributed by atoms with van der Waals surface area (Å²) in [6.07, 6.45) is 1.16. The first-order valence-corrected chi connectivity index (χ1v) is 12.0. The second kappa shape index (κ2) is 13.0. The average molecular weight is 499 g/mol. The summed E-state index contributed by atoms with van der Waals surface area (Å²) in [5, 5.41) is 3.92. The van der Waals surface area contributed by atoms with Crippen LogP contribution in [0.1, 0.15) is 24.5 Å². The molecular weight excluding hydrogens is 471 g/mol. The summed E-state index contributed by atoms with van der Waals surface area (Å²) in [4.78, 5) is 28.3. The van der Waals surface area contributed by atoms with E-state index in [1.165, 1.54) is 0 Å². The first-order valence-electron chi connectivity index (χ1n) is 11.2. The summed E-state index contributed by atoms with van der Waals surface area (Å²) in [5.74, 6) is -0.124. The van der Waals surface area contributed by atoms with Crippen LogP contribution in [0.25, 0.3) is 0 Å². The van der Waals surface area contributed by atoms with Crippen molar-refractivity contribution in [2.75, 3.05) is 13.2 Å². The van der Waals surface area contributed by atoms with Gasteiger partial charge >= 0.3 is 0 Å². The summed E-state index contributed by atoms with van der Waals surface area (Å²) < 4.78 is 5.72. The molecule has 0 saturated heterocycles. The van der Waals surface area contributed by atoms with Crippen molar-refractivity contribution in [1.29, 1.82) is 0 Å². The number of para-hydroxylation sites is 1. The number of benzene rings is 3. The molecule has 0 radical (unpaired) electrons. The Morgan fingerprint density at radius 3 is 2.35 bits per heavy atom. The summed E-state index contributed by atoms with van der Waals surface area (Å²) in [6, 6.07) is 23.2. The standard InChI is InChI=1S/C27H28Cl2N2O3/c1-2-15-30-27(33)24(17-20-9-4-3-5-10-20)31(18-21-11-8-12-22(28)16-21)26(32)19-34-25-14-7-6-13-23(25)29/h3-14,16,24H,2,15,17-19H2,1H3,(H,30,33)/t24-/m0/s1. The van der Waals surface area contributed by atoms with Crippen LogP contribution < -0.4 is 10.1 Å². The molecule has 0 aliphatic rings. The molecule has 0 heterocycles. The third-order valence-corrected chi connectivity index (χ3v) is 5.80. The first kappa shape index (κ1) is 25.6. The van der Waals surface area contributed by atoms with Crippen molar-refractivity contribution in [1.82, 2.24) is 10.2 Å². The van der Waals surface area contributed by atoms with Gasteiger partial charge in [-0.2, -0.15) is 0 Å². The number of hydrogen-bond acceptors (Lipinski definition) is 3. The van der Waals surface area contributed by atoms with Crippen molar-refractivity contribution in [3.05, 3.63) is 100 Å². The maximum atomic E-state index is 13.5. The van der Waals surface area contributed by atoms with E-state index in [0.717, 1.165) is 17.5 Å². The topological polar surface area (TPSA) is 58.6 Å². The first-order chi connectivity index (χ1) is 16.5. The van der Waals surface area contributed by atoms with Gasteiger partial charge in [0.05, 0.1) is 5.02 Å². The molecule has 0 unspecified atom stereocenters. The smallest absolute Gasteiger partial charge is 0.261 e. The molecular formula is C27H28Cl2N2O3. The molecule has 1 N–H and O–H groups in total. The molecule has 7 heteroatoms. The zero-order valence-corrected chi connectivity index (χ0v) is 20.6. The lowest BCUT2D eigenvalue weighted by Gasteiger charge is -2.31. The van der Waals surface area contributed by atoms with E-state index in [9.17, 15) is 9.59 Å². The predicted octanol–water partition coefficient (Wildman–Crippen LogP) is 5.54. The van der Waals surface area contributed by atoms with Gasteiger partial charge in [0, 0.05) is 24.5 Å². The van der Waals surface area contributed by atoms with Gasteiger partial charge in [0.1, 0.15) is 11.8 Å². The highest BCUT2D eigenvalue weighted by Gasteiger charge is 2.30. The van der Waals surface area contributed by atoms with E-state index in [0.29, 0.717) is 28.8 Å². The van der Waals surface area contributed by atoms with Crippen molar-refractivity contribution < 1.29 is 14.3 Å². The number of rotatable bonds is 11. The van der Waals surface area contributed by atoms with Crippen LogP contribution in [-0.2, 0) is 22.6 Å². The fraction of sp³-hybridized carbons (Fsp3) is 0.259. The van der Waals surface area contributed by atoms with Crippen LogP contribution in [0.3, 0.4) is 0 Å². The highest BCUT2D eigenvalue weighted by atomic mass is 35.5. The Bertz CT molecular complexity index is 1090. The van der Waals surface area contributed by atoms with Gasteiger partial charge < -0.3 is 15.0 Å². The third-order valence-electron chi connectivity index (χ3n) is 5.25. The second-order valence-electron chi connectivity index (χ2n) is 7.87. The molecule has 5 nitrogen and oxygen atoms in total. The highest BCUT2D eigenvalue weighted by molar-refractivity contribution is 6.32. The molecule has 0 spiro atoms. The largest absolute Gasteiger partial charge is 0.482 e. The van der Waals surface area contributed by atoms with Crippen molar-refractivity contribution >= 4 is 35.0 Å². The number of nitrogens with zero attached hydrogens (tertiary/aromatic N) is 1. The molecule has 0 aliphatic carbocycles. The molecule has 0 bridgehead atoms. The molecule has 0 fully saturated rings. The number of carbonyl (C=O) groups is 2. The van der Waals surface area contributed by atoms with E-state index in [4.69, 9.17) is 27.9 Å². The maximum absolute atomic E-state index is 13.5. The van der Waals surface area contributed by atoms with E-state index in [1.807, 2.05) is 49.4 Å². The second-order valence-corrected chi connectivity index (χ2v) is 8.71. The number of carbonyl (C=O) groups excluding carboxylic acids is 2. The quantitative estimate of drug-likeness (QED) is 0.377. The van der Waals surface area contributed by atoms with Gasteiger partial charge in [-0.3, -0.25) is 9.59 Å². The van der Waals surface area contributed by atoms with Crippen molar-refractivity contribution in [2.45, 2.75) is 32.4 Å². The Balaban J connectivity index is 1.90. The van der Waals surface area contributed by atoms with Gasteiger partial charge in [-0.05, 0) is 41.8 Å². The molecule has 3 aromatic carbocycles. The Labute approximate surface area is 210 Å². The van der Waals surface area contributed by atoms with Crippen molar-refractivity contribution in [3.63, 3.8) is 0 Å². The molecule has 34 heavy (non-hydrogen) atoms. The molecule has 178 valence electrons. The van der Waals surface area contributed by atoms with Crippen molar-refractivity contribution in [2.24, 2.45) is 0 Å². The number of amides is 2. The Hall–Kier alpha value is -3.02. The van der Waals surface area contributed by atoms with Crippen LogP contribution >= 0.6 is 23.2 Å². The summed E-state index contributed by atoms with van der Waals surface area (Å²) in [7, 11) is 0. The van der Waals surface area contributed by atoms with Crippen LogP contribution in [-0.4, -0.2) is 35.9 Å². The molecule has 1 atom stereocenters. The predicted molar refractivity (Wildman–Crippen MR) is 136 cm³/mol. The average Bonchev–Trinajstić information content (AvgIpc) is 2.84. The van der Waals surface area contributed by atoms with Crippen LogP contribution in [0.15, 0.2) is 78.9 Å². The Morgan fingerprint density at radius 1 is 0.941 bits per heavy atom. The van der Waals surface area contributed by atoms with E-state index in [-0.39, 0.29) is 25.0 Å². The Kier molecular flexibility index (Phi) is 9.80. The summed E-state index contributed by atoms with van der Waals surface area (Å²) in [6.45, 7) is 2.47. The molecule has 0 saturated carbocycles. The molecule has 0 aliphatic heterocycles. The van der Waals surface area contributed by atoms with E-state index in [2.05, 4.69) is 5.32 Å². The lowest BCUT2D eigenvalue weighted by atomic mass is 10.0. The fourth-order valence-corrected chi connectivity index (χ4v) is 3.94. The molecule has 0 aromatic heterocycles. The minimum absolute atomic E-state index is 0.209. The van der Waals surface area contributed by atoms with Crippen LogP contribution in [0.2, 0.25) is 10.0 Å². The zero-order valence-electron chi connectivity index (χ0n) is 19.0. The minimum Gasteiger partial charge on any atom is -0.482 e. The summed E-state index contributed by atoms with van der Waals surface area (Å²) in [5.41, 5.74) is 1.77. The lowest BCUT2D eigenvalue weighted by molar-refractivity contribution is -0.142. The lowest BCUT2D eigenvalue weighted by Crippen LogP contribution is -2.51. The normalized spacial score (nSPS) is 11.5. The van der Waals surface area contributed by atoms with E-state index >= 15 is 0 Å². The zero-order chi connectivity index (χ0) is 24.3. The number of ether oxygens (including phenoxy) is 1.